The Morgan fingerprint density at radius 3 is 2.26 bits per heavy atom. The van der Waals surface area contributed by atoms with Crippen LogP contribution in [0.2, 0.25) is 0 Å². The Labute approximate surface area is 187 Å². The van der Waals surface area contributed by atoms with Crippen molar-refractivity contribution in [2.45, 2.75) is 96.5 Å². The Bertz CT molecular complexity index is 763. The fourth-order valence-electron chi connectivity index (χ4n) is 4.36. The first-order valence-corrected chi connectivity index (χ1v) is 11.0. The molecule has 2 rings (SSSR count). The molecule has 1 atom stereocenters. The van der Waals surface area contributed by atoms with Crippen molar-refractivity contribution in [1.29, 1.82) is 0 Å². The Kier molecular flexibility index (Phi) is 7.93. The number of hydrogen-bond acceptors (Lipinski definition) is 4. The van der Waals surface area contributed by atoms with Crippen LogP contribution in [0.25, 0.3) is 0 Å². The lowest BCUT2D eigenvalue weighted by atomic mass is 9.79. The molecule has 1 aromatic rings. The predicted molar refractivity (Wildman–Crippen MR) is 125 cm³/mol. The average molecular weight is 430 g/mol. The number of ether oxygens (including phenoxy) is 1. The molecule has 2 amide bonds. The minimum absolute atomic E-state index is 0.0150. The van der Waals surface area contributed by atoms with Crippen LogP contribution in [0, 0.1) is 0 Å². The molecule has 0 radical (unpaired) electrons. The van der Waals surface area contributed by atoms with Gasteiger partial charge in [0.1, 0.15) is 5.60 Å². The van der Waals surface area contributed by atoms with Crippen LogP contribution >= 0.6 is 0 Å². The molecule has 0 aliphatic carbocycles. The van der Waals surface area contributed by atoms with Crippen molar-refractivity contribution < 1.29 is 14.3 Å². The predicted octanol–water partition coefficient (Wildman–Crippen LogP) is 4.62. The van der Waals surface area contributed by atoms with Gasteiger partial charge in [-0.25, -0.2) is 4.79 Å². The third-order valence-electron chi connectivity index (χ3n) is 5.02. The van der Waals surface area contributed by atoms with Crippen LogP contribution in [0.4, 0.5) is 4.79 Å². The van der Waals surface area contributed by atoms with Crippen molar-refractivity contribution in [3.05, 3.63) is 48.0 Å². The van der Waals surface area contributed by atoms with E-state index in [9.17, 15) is 9.59 Å². The Balaban J connectivity index is 1.98. The van der Waals surface area contributed by atoms with Gasteiger partial charge in [-0.2, -0.15) is 0 Å². The minimum atomic E-state index is -0.578. The third-order valence-corrected chi connectivity index (χ3v) is 5.02. The molecule has 6 heteroatoms. The lowest BCUT2D eigenvalue weighted by Crippen LogP contribution is -2.62. The summed E-state index contributed by atoms with van der Waals surface area (Å²) in [6, 6.07) is 9.39. The molecule has 0 saturated carbocycles. The summed E-state index contributed by atoms with van der Waals surface area (Å²) in [7, 11) is 0. The number of carbonyl (C=O) groups excluding carboxylic acids is 2. The number of nitrogens with one attached hydrogen (secondary N) is 3. The van der Waals surface area contributed by atoms with Crippen molar-refractivity contribution in [3.8, 4) is 0 Å². The molecule has 1 aliphatic rings. The smallest absolute Gasteiger partial charge is 0.408 e. The first kappa shape index (κ1) is 24.9. The van der Waals surface area contributed by atoms with E-state index >= 15 is 0 Å². The number of rotatable bonds is 6. The summed E-state index contributed by atoms with van der Waals surface area (Å²) >= 11 is 0. The molecule has 0 aromatic heterocycles. The SMILES string of the molecule is CC1(C)CC(NC(=O)C/C=C/[C@H](NC(=O)OC(C)(C)C)c2ccccc2)CC(C)(C)N1. The lowest BCUT2D eigenvalue weighted by Gasteiger charge is -2.46. The number of hydrogen-bond donors (Lipinski definition) is 3. The van der Waals surface area contributed by atoms with Crippen molar-refractivity contribution in [1.82, 2.24) is 16.0 Å². The van der Waals surface area contributed by atoms with Crippen molar-refractivity contribution in [2.24, 2.45) is 0 Å². The zero-order chi connectivity index (χ0) is 23.3. The molecule has 1 heterocycles. The van der Waals surface area contributed by atoms with E-state index in [-0.39, 0.29) is 35.5 Å². The maximum atomic E-state index is 12.6. The molecule has 1 aromatic carbocycles. The van der Waals surface area contributed by atoms with Crippen molar-refractivity contribution >= 4 is 12.0 Å². The van der Waals surface area contributed by atoms with E-state index < -0.39 is 11.7 Å². The lowest BCUT2D eigenvalue weighted by molar-refractivity contribution is -0.121. The number of carbonyl (C=O) groups is 2. The van der Waals surface area contributed by atoms with E-state index in [2.05, 4.69) is 43.6 Å². The van der Waals surface area contributed by atoms with Gasteiger partial charge in [0.05, 0.1) is 6.04 Å². The highest BCUT2D eigenvalue weighted by molar-refractivity contribution is 5.78. The van der Waals surface area contributed by atoms with Gasteiger partial charge in [0, 0.05) is 23.5 Å². The number of piperidine rings is 1. The minimum Gasteiger partial charge on any atom is -0.444 e. The van der Waals surface area contributed by atoms with Gasteiger partial charge in [-0.05, 0) is 66.9 Å². The zero-order valence-electron chi connectivity index (χ0n) is 20.0. The van der Waals surface area contributed by atoms with Gasteiger partial charge >= 0.3 is 6.09 Å². The molecule has 1 aliphatic heterocycles. The summed E-state index contributed by atoms with van der Waals surface area (Å²) in [5.74, 6) is -0.0150. The van der Waals surface area contributed by atoms with Crippen molar-refractivity contribution in [3.63, 3.8) is 0 Å². The molecule has 6 nitrogen and oxygen atoms in total. The van der Waals surface area contributed by atoms with Crippen LogP contribution < -0.4 is 16.0 Å². The Morgan fingerprint density at radius 2 is 1.71 bits per heavy atom. The fraction of sp³-hybridized carbons (Fsp3) is 0.600. The second kappa shape index (κ2) is 9.86. The van der Waals surface area contributed by atoms with E-state index in [1.54, 1.807) is 0 Å². The van der Waals surface area contributed by atoms with Gasteiger partial charge in [0.15, 0.2) is 0 Å². The van der Waals surface area contributed by atoms with Gasteiger partial charge in [0.2, 0.25) is 5.91 Å². The maximum absolute atomic E-state index is 12.6. The van der Waals surface area contributed by atoms with E-state index in [0.717, 1.165) is 18.4 Å². The summed E-state index contributed by atoms with van der Waals surface area (Å²) in [6.07, 6.45) is 5.19. The van der Waals surface area contributed by atoms with Crippen LogP contribution in [0.15, 0.2) is 42.5 Å². The molecule has 1 saturated heterocycles. The van der Waals surface area contributed by atoms with Crippen LogP contribution in [0.5, 0.6) is 0 Å². The molecule has 31 heavy (non-hydrogen) atoms. The van der Waals surface area contributed by atoms with Gasteiger partial charge in [-0.1, -0.05) is 42.5 Å². The first-order valence-electron chi connectivity index (χ1n) is 11.0. The highest BCUT2D eigenvalue weighted by Gasteiger charge is 2.38. The normalized spacial score (nSPS) is 19.6. The molecule has 3 N–H and O–H groups in total. The molecule has 1 fully saturated rings. The summed E-state index contributed by atoms with van der Waals surface area (Å²) in [5, 5.41) is 9.68. The molecular formula is C25H39N3O3. The number of alkyl carbamates (subject to hydrolysis) is 1. The summed E-state index contributed by atoms with van der Waals surface area (Å²) in [6.45, 7) is 14.1. The molecule has 172 valence electrons. The average Bonchev–Trinajstić information content (AvgIpc) is 2.57. The molecule has 0 spiro atoms. The number of amides is 2. The maximum Gasteiger partial charge on any atom is 0.408 e. The topological polar surface area (TPSA) is 79.5 Å². The Hall–Kier alpha value is -2.34. The summed E-state index contributed by atoms with van der Waals surface area (Å²) < 4.78 is 5.39. The standard InChI is InChI=1S/C25H39N3O3/c1-23(2,3)31-22(30)27-20(18-12-9-8-10-13-18)14-11-15-21(29)26-19-16-24(4,5)28-25(6,7)17-19/h8-14,19-20,28H,15-17H2,1-7H3,(H,26,29)(H,27,30)/b14-11+/t20-/m0/s1. The van der Waals surface area contributed by atoms with Crippen molar-refractivity contribution in [2.75, 3.05) is 0 Å². The monoisotopic (exact) mass is 429 g/mol. The third kappa shape index (κ3) is 9.13. The van der Waals surface area contributed by atoms with Gasteiger partial charge in [0.25, 0.3) is 0 Å². The van der Waals surface area contributed by atoms with E-state index in [0.29, 0.717) is 0 Å². The van der Waals surface area contributed by atoms with E-state index in [4.69, 9.17) is 4.74 Å². The Morgan fingerprint density at radius 1 is 1.13 bits per heavy atom. The first-order chi connectivity index (χ1) is 14.2. The second-order valence-electron chi connectivity index (χ2n) is 10.7. The van der Waals surface area contributed by atoms with Crippen LogP contribution in [0.3, 0.4) is 0 Å². The van der Waals surface area contributed by atoms with E-state index in [1.165, 1.54) is 0 Å². The quantitative estimate of drug-likeness (QED) is 0.576. The second-order valence-corrected chi connectivity index (χ2v) is 10.7. The van der Waals surface area contributed by atoms with E-state index in [1.807, 2.05) is 63.3 Å². The zero-order valence-corrected chi connectivity index (χ0v) is 20.0. The summed E-state index contributed by atoms with van der Waals surface area (Å²) in [5.41, 5.74) is 0.300. The highest BCUT2D eigenvalue weighted by Crippen LogP contribution is 2.28. The van der Waals surface area contributed by atoms with Crippen LogP contribution in [0.1, 0.15) is 79.3 Å². The fourth-order valence-corrected chi connectivity index (χ4v) is 4.36. The van der Waals surface area contributed by atoms with Crippen LogP contribution in [-0.2, 0) is 9.53 Å². The van der Waals surface area contributed by atoms with Crippen LogP contribution in [-0.4, -0.2) is 34.7 Å². The summed E-state index contributed by atoms with van der Waals surface area (Å²) in [4.78, 5) is 24.8. The molecule has 0 unspecified atom stereocenters. The molecule has 0 bridgehead atoms. The number of benzene rings is 1. The molecular weight excluding hydrogens is 390 g/mol. The van der Waals surface area contributed by atoms with Gasteiger partial charge in [-0.15, -0.1) is 0 Å². The largest absolute Gasteiger partial charge is 0.444 e. The van der Waals surface area contributed by atoms with Gasteiger partial charge < -0.3 is 20.7 Å². The highest BCUT2D eigenvalue weighted by atomic mass is 16.6. The van der Waals surface area contributed by atoms with Gasteiger partial charge in [-0.3, -0.25) is 4.79 Å².